The second-order valence-corrected chi connectivity index (χ2v) is 4.38. The summed E-state index contributed by atoms with van der Waals surface area (Å²) in [5, 5.41) is 5.68. The lowest BCUT2D eigenvalue weighted by atomic mass is 10.2. The lowest BCUT2D eigenvalue weighted by Gasteiger charge is -2.06. The number of hydrogen-bond donors (Lipinski definition) is 0. The molecule has 5 heteroatoms. The van der Waals surface area contributed by atoms with E-state index in [4.69, 9.17) is 4.74 Å². The molecule has 0 aliphatic carbocycles. The maximum Gasteiger partial charge on any atom is 0.274 e. The summed E-state index contributed by atoms with van der Waals surface area (Å²) in [4.78, 5) is 16.6. The average molecular weight is 267 g/mol. The standard InChI is InChI=1S/C15H13N3O2/c1-20-13-6-7-16-12(8-13)10-18-15(19)14-5-3-2-4-11(14)9-17-18/h2-9H,10H2,1H3. The molecule has 0 saturated carbocycles. The number of rotatable bonds is 3. The predicted octanol–water partition coefficient (Wildman–Crippen LogP) is 1.85. The maximum absolute atomic E-state index is 12.3. The van der Waals surface area contributed by atoms with Crippen LogP contribution in [0.5, 0.6) is 5.75 Å². The van der Waals surface area contributed by atoms with Crippen molar-refractivity contribution in [2.24, 2.45) is 0 Å². The van der Waals surface area contributed by atoms with Crippen LogP contribution >= 0.6 is 0 Å². The van der Waals surface area contributed by atoms with Gasteiger partial charge >= 0.3 is 0 Å². The van der Waals surface area contributed by atoms with E-state index in [2.05, 4.69) is 10.1 Å². The average Bonchev–Trinajstić information content (AvgIpc) is 2.50. The van der Waals surface area contributed by atoms with E-state index in [9.17, 15) is 4.79 Å². The van der Waals surface area contributed by atoms with E-state index in [1.54, 1.807) is 37.7 Å². The molecule has 3 aromatic rings. The third-order valence-corrected chi connectivity index (χ3v) is 3.10. The van der Waals surface area contributed by atoms with Crippen molar-refractivity contribution in [3.63, 3.8) is 0 Å². The zero-order valence-corrected chi connectivity index (χ0v) is 11.0. The third-order valence-electron chi connectivity index (χ3n) is 3.10. The molecule has 100 valence electrons. The fraction of sp³-hybridized carbons (Fsp3) is 0.133. The molecule has 0 spiro atoms. The smallest absolute Gasteiger partial charge is 0.274 e. The van der Waals surface area contributed by atoms with Crippen LogP contribution < -0.4 is 10.3 Å². The number of ether oxygens (including phenoxy) is 1. The zero-order chi connectivity index (χ0) is 13.9. The van der Waals surface area contributed by atoms with Crippen molar-refractivity contribution in [2.45, 2.75) is 6.54 Å². The Balaban J connectivity index is 2.02. The molecular weight excluding hydrogens is 254 g/mol. The molecule has 0 N–H and O–H groups in total. The lowest BCUT2D eigenvalue weighted by molar-refractivity contribution is 0.413. The van der Waals surface area contributed by atoms with Gasteiger partial charge in [0.05, 0.1) is 30.9 Å². The molecule has 0 saturated heterocycles. The van der Waals surface area contributed by atoms with Gasteiger partial charge in [-0.3, -0.25) is 9.78 Å². The largest absolute Gasteiger partial charge is 0.497 e. The van der Waals surface area contributed by atoms with Gasteiger partial charge in [-0.15, -0.1) is 0 Å². The molecule has 2 aromatic heterocycles. The van der Waals surface area contributed by atoms with Gasteiger partial charge in [0.1, 0.15) is 5.75 Å². The van der Waals surface area contributed by atoms with Gasteiger partial charge in [0, 0.05) is 17.6 Å². The molecule has 0 unspecified atom stereocenters. The van der Waals surface area contributed by atoms with Crippen LogP contribution in [0.4, 0.5) is 0 Å². The van der Waals surface area contributed by atoms with Crippen molar-refractivity contribution in [1.82, 2.24) is 14.8 Å². The first-order valence-corrected chi connectivity index (χ1v) is 6.22. The van der Waals surface area contributed by atoms with Gasteiger partial charge in [0.2, 0.25) is 0 Å². The Morgan fingerprint density at radius 3 is 2.95 bits per heavy atom. The van der Waals surface area contributed by atoms with E-state index in [0.717, 1.165) is 11.1 Å². The first kappa shape index (κ1) is 12.3. The fourth-order valence-electron chi connectivity index (χ4n) is 2.06. The Bertz CT molecular complexity index is 811. The zero-order valence-electron chi connectivity index (χ0n) is 11.0. The minimum Gasteiger partial charge on any atom is -0.497 e. The van der Waals surface area contributed by atoms with Gasteiger partial charge in [-0.2, -0.15) is 5.10 Å². The minimum atomic E-state index is -0.118. The van der Waals surface area contributed by atoms with Crippen molar-refractivity contribution in [3.05, 3.63) is 64.8 Å². The van der Waals surface area contributed by atoms with Crippen LogP contribution in [-0.4, -0.2) is 21.9 Å². The summed E-state index contributed by atoms with van der Waals surface area (Å²) < 4.78 is 6.55. The SMILES string of the molecule is COc1ccnc(Cn2ncc3ccccc3c2=O)c1. The van der Waals surface area contributed by atoms with Crippen molar-refractivity contribution in [1.29, 1.82) is 0 Å². The highest BCUT2D eigenvalue weighted by Gasteiger charge is 2.05. The normalized spacial score (nSPS) is 10.7. The van der Waals surface area contributed by atoms with Crippen LogP contribution in [0.2, 0.25) is 0 Å². The molecule has 0 radical (unpaired) electrons. The number of hydrogen-bond acceptors (Lipinski definition) is 4. The topological polar surface area (TPSA) is 57.0 Å². The van der Waals surface area contributed by atoms with Crippen LogP contribution in [-0.2, 0) is 6.54 Å². The van der Waals surface area contributed by atoms with Crippen LogP contribution in [0.25, 0.3) is 10.8 Å². The number of nitrogens with zero attached hydrogens (tertiary/aromatic N) is 3. The summed E-state index contributed by atoms with van der Waals surface area (Å²) in [5.41, 5.74) is 0.613. The van der Waals surface area contributed by atoms with Gasteiger partial charge in [-0.1, -0.05) is 18.2 Å². The Kier molecular flexibility index (Phi) is 3.16. The maximum atomic E-state index is 12.3. The Hall–Kier alpha value is -2.69. The minimum absolute atomic E-state index is 0.118. The highest BCUT2D eigenvalue weighted by molar-refractivity contribution is 5.80. The second-order valence-electron chi connectivity index (χ2n) is 4.38. The van der Waals surface area contributed by atoms with E-state index in [0.29, 0.717) is 17.7 Å². The van der Waals surface area contributed by atoms with E-state index >= 15 is 0 Å². The Labute approximate surface area is 115 Å². The molecule has 0 amide bonds. The second kappa shape index (κ2) is 5.13. The molecule has 0 aliphatic rings. The van der Waals surface area contributed by atoms with E-state index in [1.165, 1.54) is 4.68 Å². The third kappa shape index (κ3) is 2.25. The van der Waals surface area contributed by atoms with Crippen LogP contribution in [0.1, 0.15) is 5.69 Å². The number of benzene rings is 1. The molecule has 2 heterocycles. The van der Waals surface area contributed by atoms with Gasteiger partial charge in [-0.05, 0) is 12.1 Å². The number of fused-ring (bicyclic) bond motifs is 1. The molecule has 20 heavy (non-hydrogen) atoms. The number of pyridine rings is 1. The lowest BCUT2D eigenvalue weighted by Crippen LogP contribution is -2.23. The van der Waals surface area contributed by atoms with Gasteiger partial charge in [-0.25, -0.2) is 4.68 Å². The van der Waals surface area contributed by atoms with Gasteiger partial charge in [0.15, 0.2) is 0 Å². The molecular formula is C15H13N3O2. The van der Waals surface area contributed by atoms with E-state index in [1.807, 2.05) is 18.2 Å². The highest BCUT2D eigenvalue weighted by Crippen LogP contribution is 2.11. The molecule has 1 aromatic carbocycles. The van der Waals surface area contributed by atoms with E-state index < -0.39 is 0 Å². The van der Waals surface area contributed by atoms with Crippen LogP contribution in [0.15, 0.2) is 53.6 Å². The van der Waals surface area contributed by atoms with Crippen molar-refractivity contribution in [3.8, 4) is 5.75 Å². The summed E-state index contributed by atoms with van der Waals surface area (Å²) in [6.07, 6.45) is 3.34. The summed E-state index contributed by atoms with van der Waals surface area (Å²) in [7, 11) is 1.60. The molecule has 0 aliphatic heterocycles. The van der Waals surface area contributed by atoms with Crippen molar-refractivity contribution >= 4 is 10.8 Å². The first-order chi connectivity index (χ1) is 9.78. The monoisotopic (exact) mass is 267 g/mol. The molecule has 0 fully saturated rings. The molecule has 3 rings (SSSR count). The fourth-order valence-corrected chi connectivity index (χ4v) is 2.06. The number of methoxy groups -OCH3 is 1. The summed E-state index contributed by atoms with van der Waals surface area (Å²) in [5.74, 6) is 0.712. The summed E-state index contributed by atoms with van der Waals surface area (Å²) >= 11 is 0. The Morgan fingerprint density at radius 2 is 2.10 bits per heavy atom. The highest BCUT2D eigenvalue weighted by atomic mass is 16.5. The van der Waals surface area contributed by atoms with Crippen molar-refractivity contribution in [2.75, 3.05) is 7.11 Å². The van der Waals surface area contributed by atoms with Crippen LogP contribution in [0, 0.1) is 0 Å². The number of aromatic nitrogens is 3. The van der Waals surface area contributed by atoms with Gasteiger partial charge in [0.25, 0.3) is 5.56 Å². The molecule has 0 atom stereocenters. The summed E-state index contributed by atoms with van der Waals surface area (Å²) in [6, 6.07) is 11.0. The van der Waals surface area contributed by atoms with E-state index in [-0.39, 0.29) is 5.56 Å². The summed E-state index contributed by atoms with van der Waals surface area (Å²) in [6.45, 7) is 0.320. The molecule has 0 bridgehead atoms. The van der Waals surface area contributed by atoms with Gasteiger partial charge < -0.3 is 4.74 Å². The van der Waals surface area contributed by atoms with Crippen LogP contribution in [0.3, 0.4) is 0 Å². The first-order valence-electron chi connectivity index (χ1n) is 6.22. The Morgan fingerprint density at radius 1 is 1.25 bits per heavy atom. The van der Waals surface area contributed by atoms with Crippen molar-refractivity contribution < 1.29 is 4.74 Å². The molecule has 5 nitrogen and oxygen atoms in total. The predicted molar refractivity (Wildman–Crippen MR) is 75.9 cm³/mol. The quantitative estimate of drug-likeness (QED) is 0.726.